The van der Waals surface area contributed by atoms with E-state index in [1.807, 2.05) is 0 Å². The monoisotopic (exact) mass is 224 g/mol. The molecule has 84 valence electrons. The fourth-order valence-corrected chi connectivity index (χ4v) is 1.59. The Bertz CT molecular complexity index is 440. The predicted molar refractivity (Wildman–Crippen MR) is 55.1 cm³/mol. The van der Waals surface area contributed by atoms with Gasteiger partial charge in [0.2, 0.25) is 0 Å². The molecule has 2 rings (SSSR count). The molecule has 1 N–H and O–H groups in total. The van der Waals surface area contributed by atoms with E-state index in [2.05, 4.69) is 0 Å². The quantitative estimate of drug-likeness (QED) is 0.857. The van der Waals surface area contributed by atoms with Crippen molar-refractivity contribution in [3.63, 3.8) is 0 Å². The van der Waals surface area contributed by atoms with Crippen LogP contribution in [0.15, 0.2) is 36.4 Å². The van der Waals surface area contributed by atoms with Crippen molar-refractivity contribution in [1.82, 2.24) is 0 Å². The Kier molecular flexibility index (Phi) is 2.30. The number of carboxylic acid groups (broad SMARTS) is 1. The molecule has 2 nitrogen and oxygen atoms in total. The second-order valence-corrected chi connectivity index (χ2v) is 3.90. The molecule has 1 aromatic rings. The summed E-state index contributed by atoms with van der Waals surface area (Å²) in [6.45, 7) is 0. The minimum absolute atomic E-state index is 0.612. The lowest BCUT2D eigenvalue weighted by atomic mass is 10.0. The molecule has 1 unspecified atom stereocenters. The molecule has 1 fully saturated rings. The molecule has 1 atom stereocenters. The van der Waals surface area contributed by atoms with E-state index in [1.54, 1.807) is 30.3 Å². The summed E-state index contributed by atoms with van der Waals surface area (Å²) in [6, 6.07) is 8.78. The van der Waals surface area contributed by atoms with E-state index in [0.29, 0.717) is 5.56 Å². The molecule has 1 aromatic carbocycles. The van der Waals surface area contributed by atoms with Crippen molar-refractivity contribution in [1.29, 1.82) is 0 Å². The zero-order chi connectivity index (χ0) is 11.8. The molecule has 0 heterocycles. The first-order chi connectivity index (χ1) is 7.48. The average molecular weight is 224 g/mol. The van der Waals surface area contributed by atoms with Crippen LogP contribution >= 0.6 is 0 Å². The van der Waals surface area contributed by atoms with Crippen molar-refractivity contribution in [2.45, 2.75) is 12.3 Å². The molecule has 0 saturated heterocycles. The maximum atomic E-state index is 13.0. The molecule has 0 bridgehead atoms. The number of hydrogen-bond donors (Lipinski definition) is 1. The fourth-order valence-electron chi connectivity index (χ4n) is 1.59. The van der Waals surface area contributed by atoms with E-state index in [4.69, 9.17) is 5.11 Å². The summed E-state index contributed by atoms with van der Waals surface area (Å²) in [4.78, 5) is 10.8. The van der Waals surface area contributed by atoms with Gasteiger partial charge in [-0.05, 0) is 5.56 Å². The maximum absolute atomic E-state index is 13.0. The van der Waals surface area contributed by atoms with Crippen LogP contribution in [-0.2, 0) is 4.79 Å². The van der Waals surface area contributed by atoms with E-state index in [9.17, 15) is 13.6 Å². The number of carbonyl (C=O) groups is 1. The van der Waals surface area contributed by atoms with Crippen LogP contribution in [0.2, 0.25) is 0 Å². The Morgan fingerprint density at radius 2 is 1.88 bits per heavy atom. The van der Waals surface area contributed by atoms with Crippen LogP contribution < -0.4 is 0 Å². The Morgan fingerprint density at radius 3 is 2.31 bits per heavy atom. The summed E-state index contributed by atoms with van der Waals surface area (Å²) in [6.07, 6.45) is 1.90. The zero-order valence-electron chi connectivity index (χ0n) is 8.36. The molecule has 1 saturated carbocycles. The van der Waals surface area contributed by atoms with Crippen LogP contribution in [0.1, 0.15) is 12.0 Å². The molecule has 0 aromatic heterocycles. The number of benzene rings is 1. The Morgan fingerprint density at radius 1 is 1.31 bits per heavy atom. The second kappa shape index (κ2) is 3.40. The van der Waals surface area contributed by atoms with Crippen LogP contribution in [0.3, 0.4) is 0 Å². The zero-order valence-corrected chi connectivity index (χ0v) is 8.36. The van der Waals surface area contributed by atoms with Gasteiger partial charge in [0.1, 0.15) is 0 Å². The molecule has 0 spiro atoms. The summed E-state index contributed by atoms with van der Waals surface area (Å²) >= 11 is 0. The highest BCUT2D eigenvalue weighted by Gasteiger charge is 2.75. The van der Waals surface area contributed by atoms with Gasteiger partial charge in [-0.1, -0.05) is 42.5 Å². The smallest absolute Gasteiger partial charge is 0.319 e. The SMILES string of the molecule is O=C(O)C1(/C=C/c2ccccc2)CC1(F)F. The van der Waals surface area contributed by atoms with Gasteiger partial charge in [0.05, 0.1) is 0 Å². The van der Waals surface area contributed by atoms with Gasteiger partial charge in [0.15, 0.2) is 5.41 Å². The van der Waals surface area contributed by atoms with Crippen molar-refractivity contribution in [2.24, 2.45) is 5.41 Å². The minimum atomic E-state index is -3.12. The van der Waals surface area contributed by atoms with Gasteiger partial charge in [-0.25, -0.2) is 8.78 Å². The summed E-state index contributed by atoms with van der Waals surface area (Å²) < 4.78 is 25.9. The predicted octanol–water partition coefficient (Wildman–Crippen LogP) is 2.81. The first kappa shape index (κ1) is 10.8. The lowest BCUT2D eigenvalue weighted by Crippen LogP contribution is -2.19. The number of aliphatic carboxylic acids is 1. The van der Waals surface area contributed by atoms with E-state index in [0.717, 1.165) is 6.08 Å². The number of alkyl halides is 2. The topological polar surface area (TPSA) is 37.3 Å². The standard InChI is InChI=1S/C12H10F2O2/c13-12(14)8-11(12,10(15)16)7-6-9-4-2-1-3-5-9/h1-7H,8H2,(H,15,16)/b7-6+. The van der Waals surface area contributed by atoms with Gasteiger partial charge in [-0.15, -0.1) is 0 Å². The third kappa shape index (κ3) is 1.60. The van der Waals surface area contributed by atoms with Crippen LogP contribution in [0.4, 0.5) is 8.78 Å². The molecule has 0 radical (unpaired) electrons. The van der Waals surface area contributed by atoms with Crippen molar-refractivity contribution < 1.29 is 18.7 Å². The van der Waals surface area contributed by atoms with Crippen LogP contribution in [0.25, 0.3) is 6.08 Å². The molecule has 1 aliphatic rings. The molecule has 0 amide bonds. The highest BCUT2D eigenvalue weighted by molar-refractivity contribution is 5.84. The van der Waals surface area contributed by atoms with Gasteiger partial charge in [0.25, 0.3) is 5.92 Å². The number of halogens is 2. The maximum Gasteiger partial charge on any atom is 0.319 e. The first-order valence-electron chi connectivity index (χ1n) is 4.83. The van der Waals surface area contributed by atoms with Gasteiger partial charge in [-0.3, -0.25) is 4.79 Å². The molecule has 1 aliphatic carbocycles. The van der Waals surface area contributed by atoms with E-state index in [-0.39, 0.29) is 0 Å². The summed E-state index contributed by atoms with van der Waals surface area (Å²) in [5.74, 6) is -4.59. The van der Waals surface area contributed by atoms with Crippen molar-refractivity contribution in [2.75, 3.05) is 0 Å². The third-order valence-electron chi connectivity index (χ3n) is 2.77. The van der Waals surface area contributed by atoms with E-state index < -0.39 is 23.7 Å². The van der Waals surface area contributed by atoms with Crippen LogP contribution in [0, 0.1) is 5.41 Å². The fraction of sp³-hybridized carbons (Fsp3) is 0.250. The number of carboxylic acids is 1. The van der Waals surface area contributed by atoms with Crippen molar-refractivity contribution in [3.05, 3.63) is 42.0 Å². The van der Waals surface area contributed by atoms with Crippen LogP contribution in [-0.4, -0.2) is 17.0 Å². The normalized spacial score (nSPS) is 26.9. The summed E-state index contributed by atoms with van der Waals surface area (Å²) in [5, 5.41) is 8.79. The molecule has 16 heavy (non-hydrogen) atoms. The van der Waals surface area contributed by atoms with Gasteiger partial charge < -0.3 is 5.11 Å². The lowest BCUT2D eigenvalue weighted by Gasteiger charge is -2.04. The Balaban J connectivity index is 2.22. The largest absolute Gasteiger partial charge is 0.480 e. The van der Waals surface area contributed by atoms with Crippen molar-refractivity contribution >= 4 is 12.0 Å². The highest BCUT2D eigenvalue weighted by Crippen LogP contribution is 2.61. The second-order valence-electron chi connectivity index (χ2n) is 3.90. The van der Waals surface area contributed by atoms with Gasteiger partial charge in [0, 0.05) is 6.42 Å². The third-order valence-corrected chi connectivity index (χ3v) is 2.77. The lowest BCUT2D eigenvalue weighted by molar-refractivity contribution is -0.144. The number of hydrogen-bond acceptors (Lipinski definition) is 1. The highest BCUT2D eigenvalue weighted by atomic mass is 19.3. The molecular weight excluding hydrogens is 214 g/mol. The van der Waals surface area contributed by atoms with E-state index in [1.165, 1.54) is 6.08 Å². The number of rotatable bonds is 3. The summed E-state index contributed by atoms with van der Waals surface area (Å²) in [7, 11) is 0. The van der Waals surface area contributed by atoms with Gasteiger partial charge >= 0.3 is 5.97 Å². The summed E-state index contributed by atoms with van der Waals surface area (Å²) in [5.41, 5.74) is -1.28. The Labute approximate surface area is 91.2 Å². The minimum Gasteiger partial charge on any atom is -0.480 e. The molecular formula is C12H10F2O2. The average Bonchev–Trinajstić information content (AvgIpc) is 2.81. The molecule has 4 heteroatoms. The molecule has 0 aliphatic heterocycles. The van der Waals surface area contributed by atoms with E-state index >= 15 is 0 Å². The van der Waals surface area contributed by atoms with Crippen molar-refractivity contribution in [3.8, 4) is 0 Å². The Hall–Kier alpha value is -1.71. The van der Waals surface area contributed by atoms with Crippen LogP contribution in [0.5, 0.6) is 0 Å². The van der Waals surface area contributed by atoms with Gasteiger partial charge in [-0.2, -0.15) is 0 Å². The first-order valence-corrected chi connectivity index (χ1v) is 4.83.